The van der Waals surface area contributed by atoms with E-state index in [-0.39, 0.29) is 17.9 Å². The summed E-state index contributed by atoms with van der Waals surface area (Å²) in [5, 5.41) is 6.24. The number of nitrogens with one attached hydrogen (secondary N) is 3. The van der Waals surface area contributed by atoms with E-state index in [0.717, 1.165) is 36.2 Å². The number of benzene rings is 2. The van der Waals surface area contributed by atoms with Crippen LogP contribution in [0.1, 0.15) is 42.4 Å². The number of anilines is 1. The van der Waals surface area contributed by atoms with E-state index in [0.29, 0.717) is 12.1 Å². The standard InChI is InChI=1S/C23H28FN3O/c1-15-4-3-5-16(2)22(15)26-23(28)25-19-12-20-10-11-21(13-19)27(20)14-17-6-8-18(24)9-7-17/h3-9,19-21H,10-14H2,1-2H3,(H2,25,26,28)/p+1/t19?,20-,21+. The van der Waals surface area contributed by atoms with E-state index in [9.17, 15) is 9.18 Å². The Labute approximate surface area is 166 Å². The van der Waals surface area contributed by atoms with Gasteiger partial charge in [0.25, 0.3) is 0 Å². The molecular weight excluding hydrogens is 353 g/mol. The normalized spacial score (nSPS) is 26.1. The predicted molar refractivity (Wildman–Crippen MR) is 109 cm³/mol. The zero-order valence-corrected chi connectivity index (χ0v) is 16.6. The van der Waals surface area contributed by atoms with Gasteiger partial charge in [0, 0.05) is 43.0 Å². The van der Waals surface area contributed by atoms with Crippen LogP contribution >= 0.6 is 0 Å². The molecule has 28 heavy (non-hydrogen) atoms. The molecule has 4 rings (SSSR count). The maximum absolute atomic E-state index is 13.2. The molecule has 0 radical (unpaired) electrons. The number of fused-ring (bicyclic) bond motifs is 2. The van der Waals surface area contributed by atoms with Crippen molar-refractivity contribution < 1.29 is 14.1 Å². The van der Waals surface area contributed by atoms with Crippen LogP contribution in [0.4, 0.5) is 14.9 Å². The molecule has 0 aliphatic carbocycles. The Morgan fingerprint density at radius 2 is 1.64 bits per heavy atom. The molecule has 2 aliphatic rings. The van der Waals surface area contributed by atoms with E-state index in [1.54, 1.807) is 17.0 Å². The first-order chi connectivity index (χ1) is 13.5. The Kier molecular flexibility index (Phi) is 5.36. The van der Waals surface area contributed by atoms with E-state index < -0.39 is 0 Å². The van der Waals surface area contributed by atoms with Crippen molar-refractivity contribution in [2.75, 3.05) is 5.32 Å². The Morgan fingerprint density at radius 3 is 2.25 bits per heavy atom. The van der Waals surface area contributed by atoms with Crippen LogP contribution in [-0.4, -0.2) is 24.2 Å². The maximum Gasteiger partial charge on any atom is 0.319 e. The van der Waals surface area contributed by atoms with Crippen molar-refractivity contribution in [3.8, 4) is 0 Å². The zero-order chi connectivity index (χ0) is 19.7. The van der Waals surface area contributed by atoms with E-state index in [4.69, 9.17) is 0 Å². The summed E-state index contributed by atoms with van der Waals surface area (Å²) in [7, 11) is 0. The average molecular weight is 383 g/mol. The Hall–Kier alpha value is -2.40. The second-order valence-corrected chi connectivity index (χ2v) is 8.38. The average Bonchev–Trinajstić information content (AvgIpc) is 2.89. The lowest BCUT2D eigenvalue weighted by Gasteiger charge is -2.36. The van der Waals surface area contributed by atoms with Crippen LogP contribution in [-0.2, 0) is 6.54 Å². The Balaban J connectivity index is 1.35. The number of aryl methyl sites for hydroxylation is 2. The number of hydrogen-bond donors (Lipinski definition) is 3. The molecule has 5 heteroatoms. The summed E-state index contributed by atoms with van der Waals surface area (Å²) in [6, 6.07) is 14.1. The monoisotopic (exact) mass is 382 g/mol. The predicted octanol–water partition coefficient (Wildman–Crippen LogP) is 3.34. The van der Waals surface area contributed by atoms with Crippen molar-refractivity contribution in [3.05, 3.63) is 65.0 Å². The molecule has 2 unspecified atom stereocenters. The minimum Gasteiger partial charge on any atom is -0.335 e. The molecule has 2 amide bonds. The lowest BCUT2D eigenvalue weighted by Crippen LogP contribution is -3.17. The molecule has 3 N–H and O–H groups in total. The topological polar surface area (TPSA) is 45.6 Å². The van der Waals surface area contributed by atoms with Gasteiger partial charge >= 0.3 is 6.03 Å². The van der Waals surface area contributed by atoms with Crippen molar-refractivity contribution in [3.63, 3.8) is 0 Å². The fraction of sp³-hybridized carbons (Fsp3) is 0.435. The molecule has 2 fully saturated rings. The van der Waals surface area contributed by atoms with Gasteiger partial charge < -0.3 is 15.5 Å². The van der Waals surface area contributed by atoms with E-state index in [1.165, 1.54) is 18.4 Å². The molecule has 148 valence electrons. The molecular formula is C23H29FN3O+. The number of urea groups is 1. The third-order valence-electron chi connectivity index (χ3n) is 6.43. The largest absolute Gasteiger partial charge is 0.335 e. The summed E-state index contributed by atoms with van der Waals surface area (Å²) in [6.45, 7) is 4.97. The fourth-order valence-corrected chi connectivity index (χ4v) is 5.02. The van der Waals surface area contributed by atoms with E-state index in [1.807, 2.05) is 44.2 Å². The van der Waals surface area contributed by atoms with Crippen LogP contribution in [0, 0.1) is 19.7 Å². The molecule has 2 heterocycles. The highest BCUT2D eigenvalue weighted by atomic mass is 19.1. The lowest BCUT2D eigenvalue weighted by atomic mass is 9.96. The molecule has 0 saturated carbocycles. The van der Waals surface area contributed by atoms with Gasteiger partial charge in [-0.05, 0) is 37.1 Å². The number of carbonyl (C=O) groups excluding carboxylic acids is 1. The molecule has 4 atom stereocenters. The minimum atomic E-state index is -0.181. The minimum absolute atomic E-state index is 0.108. The molecule has 2 saturated heterocycles. The first-order valence-corrected chi connectivity index (χ1v) is 10.2. The van der Waals surface area contributed by atoms with Crippen LogP contribution in [0.15, 0.2) is 42.5 Å². The molecule has 2 aromatic carbocycles. The van der Waals surface area contributed by atoms with Crippen molar-refractivity contribution >= 4 is 11.7 Å². The highest BCUT2D eigenvalue weighted by Gasteiger charge is 2.44. The Morgan fingerprint density at radius 1 is 1.04 bits per heavy atom. The number of halogens is 1. The first-order valence-electron chi connectivity index (χ1n) is 10.2. The maximum atomic E-state index is 13.2. The van der Waals surface area contributed by atoms with Gasteiger partial charge in [-0.15, -0.1) is 0 Å². The van der Waals surface area contributed by atoms with Crippen LogP contribution in [0.2, 0.25) is 0 Å². The van der Waals surface area contributed by atoms with Gasteiger partial charge in [0.2, 0.25) is 0 Å². The number of amides is 2. The summed E-state index contributed by atoms with van der Waals surface area (Å²) < 4.78 is 13.2. The second kappa shape index (κ2) is 7.92. The van der Waals surface area contributed by atoms with Crippen LogP contribution in [0.5, 0.6) is 0 Å². The van der Waals surface area contributed by atoms with Crippen molar-refractivity contribution in [1.29, 1.82) is 0 Å². The molecule has 4 nitrogen and oxygen atoms in total. The van der Waals surface area contributed by atoms with Crippen LogP contribution < -0.4 is 15.5 Å². The smallest absolute Gasteiger partial charge is 0.319 e. The molecule has 0 spiro atoms. The highest BCUT2D eigenvalue weighted by molar-refractivity contribution is 5.91. The third-order valence-corrected chi connectivity index (χ3v) is 6.43. The summed E-state index contributed by atoms with van der Waals surface area (Å²) in [5.74, 6) is -0.181. The summed E-state index contributed by atoms with van der Waals surface area (Å²) in [4.78, 5) is 14.2. The van der Waals surface area contributed by atoms with Crippen LogP contribution in [0.3, 0.4) is 0 Å². The quantitative estimate of drug-likeness (QED) is 0.746. The SMILES string of the molecule is Cc1cccc(C)c1NC(=O)NC1C[C@H]2CC[C@@H](C1)[NH+]2Cc1ccc(F)cc1. The lowest BCUT2D eigenvalue weighted by molar-refractivity contribution is -0.954. The highest BCUT2D eigenvalue weighted by Crippen LogP contribution is 2.24. The fourth-order valence-electron chi connectivity index (χ4n) is 5.02. The number of piperidine rings is 1. The zero-order valence-electron chi connectivity index (χ0n) is 16.6. The van der Waals surface area contributed by atoms with Gasteiger partial charge in [-0.2, -0.15) is 0 Å². The van der Waals surface area contributed by atoms with Gasteiger partial charge in [0.1, 0.15) is 12.4 Å². The number of carbonyl (C=O) groups is 1. The van der Waals surface area contributed by atoms with Crippen molar-refractivity contribution in [1.82, 2.24) is 5.32 Å². The number of rotatable bonds is 4. The van der Waals surface area contributed by atoms with Gasteiger partial charge in [0.05, 0.1) is 12.1 Å². The number of para-hydroxylation sites is 1. The van der Waals surface area contributed by atoms with Gasteiger partial charge in [-0.25, -0.2) is 9.18 Å². The van der Waals surface area contributed by atoms with Gasteiger partial charge in [0.15, 0.2) is 0 Å². The Bertz CT molecular complexity index is 817. The summed E-state index contributed by atoms with van der Waals surface area (Å²) >= 11 is 0. The molecule has 2 aliphatic heterocycles. The molecule has 2 aromatic rings. The first kappa shape index (κ1) is 18.9. The molecule has 2 bridgehead atoms. The van der Waals surface area contributed by atoms with E-state index in [2.05, 4.69) is 10.6 Å². The van der Waals surface area contributed by atoms with Gasteiger partial charge in [-0.3, -0.25) is 0 Å². The molecule has 0 aromatic heterocycles. The van der Waals surface area contributed by atoms with Gasteiger partial charge in [-0.1, -0.05) is 30.3 Å². The van der Waals surface area contributed by atoms with Crippen LogP contribution in [0.25, 0.3) is 0 Å². The third kappa shape index (κ3) is 4.04. The van der Waals surface area contributed by atoms with Crippen molar-refractivity contribution in [2.45, 2.75) is 64.2 Å². The van der Waals surface area contributed by atoms with Crippen molar-refractivity contribution in [2.24, 2.45) is 0 Å². The summed E-state index contributed by atoms with van der Waals surface area (Å²) in [6.07, 6.45) is 4.43. The van der Waals surface area contributed by atoms with E-state index >= 15 is 0 Å². The second-order valence-electron chi connectivity index (χ2n) is 8.38. The number of quaternary nitrogens is 1. The summed E-state index contributed by atoms with van der Waals surface area (Å²) in [5.41, 5.74) is 4.25. The number of hydrogen-bond acceptors (Lipinski definition) is 1.